The number of aromatic nitrogens is 4. The van der Waals surface area contributed by atoms with Crippen molar-refractivity contribution in [2.45, 2.75) is 18.8 Å². The van der Waals surface area contributed by atoms with Gasteiger partial charge in [0, 0.05) is 38.4 Å². The van der Waals surface area contributed by atoms with Crippen LogP contribution in [0, 0.1) is 0 Å². The van der Waals surface area contributed by atoms with E-state index in [4.69, 9.17) is 0 Å². The molecule has 1 atom stereocenters. The lowest BCUT2D eigenvalue weighted by molar-refractivity contribution is 0.0701. The lowest BCUT2D eigenvalue weighted by Crippen LogP contribution is -2.41. The molecule has 1 aliphatic rings. The molecular weight excluding hydrogens is 404 g/mol. The largest absolute Gasteiger partial charge is 0.501 e. The second kappa shape index (κ2) is 8.38. The number of anilines is 1. The number of likely N-dealkylation sites (tertiary alicyclic amines) is 1. The summed E-state index contributed by atoms with van der Waals surface area (Å²) in [6.07, 6.45) is 6.97. The second-order valence-corrected chi connectivity index (χ2v) is 7.23. The molecule has 31 heavy (non-hydrogen) atoms. The Balaban J connectivity index is 1.62. The van der Waals surface area contributed by atoms with Crippen LogP contribution in [0.4, 0.5) is 5.69 Å². The third-order valence-electron chi connectivity index (χ3n) is 5.19. The molecule has 11 heteroatoms. The molecular formula is C20H20N6O5. The predicted octanol–water partition coefficient (Wildman–Crippen LogP) is 1.14. The highest BCUT2D eigenvalue weighted by molar-refractivity contribution is 6.04. The maximum Gasteiger partial charge on any atom is 0.296 e. The van der Waals surface area contributed by atoms with E-state index < -0.39 is 22.9 Å². The van der Waals surface area contributed by atoms with Crippen molar-refractivity contribution in [3.05, 3.63) is 64.4 Å². The van der Waals surface area contributed by atoms with Gasteiger partial charge in [-0.2, -0.15) is 0 Å². The van der Waals surface area contributed by atoms with Crippen LogP contribution in [-0.4, -0.2) is 54.6 Å². The molecule has 3 aromatic rings. The highest BCUT2D eigenvalue weighted by atomic mass is 16.5. The Bertz CT molecular complexity index is 1160. The number of rotatable bonds is 4. The zero-order valence-corrected chi connectivity index (χ0v) is 16.7. The minimum Gasteiger partial charge on any atom is -0.501 e. The van der Waals surface area contributed by atoms with Gasteiger partial charge in [-0.05, 0) is 25.0 Å². The van der Waals surface area contributed by atoms with E-state index in [9.17, 15) is 19.5 Å². The third kappa shape index (κ3) is 4.02. The molecule has 4 rings (SSSR count). The van der Waals surface area contributed by atoms with E-state index in [1.54, 1.807) is 23.2 Å². The number of nitrogens with one attached hydrogen (secondary N) is 1. The van der Waals surface area contributed by atoms with Crippen molar-refractivity contribution in [2.24, 2.45) is 7.05 Å². The Hall–Kier alpha value is -4.02. The van der Waals surface area contributed by atoms with Crippen molar-refractivity contribution >= 4 is 17.5 Å². The number of aromatic hydroxyl groups is 1. The summed E-state index contributed by atoms with van der Waals surface area (Å²) in [7, 11) is 1.48. The summed E-state index contributed by atoms with van der Waals surface area (Å²) in [5.74, 6) is -1.64. The van der Waals surface area contributed by atoms with Crippen LogP contribution in [0.2, 0.25) is 0 Å². The van der Waals surface area contributed by atoms with Crippen molar-refractivity contribution < 1.29 is 19.2 Å². The molecule has 0 radical (unpaired) electrons. The number of nitrogens with zero attached hydrogens (tertiary/aromatic N) is 5. The first kappa shape index (κ1) is 20.3. The van der Waals surface area contributed by atoms with Crippen LogP contribution >= 0.6 is 0 Å². The molecule has 1 unspecified atom stereocenters. The van der Waals surface area contributed by atoms with Crippen LogP contribution in [0.15, 0.2) is 46.3 Å². The predicted molar refractivity (Wildman–Crippen MR) is 108 cm³/mol. The maximum atomic E-state index is 12.8. The Morgan fingerprint density at radius 3 is 2.87 bits per heavy atom. The summed E-state index contributed by atoms with van der Waals surface area (Å²) in [5, 5.41) is 16.2. The average molecular weight is 424 g/mol. The molecule has 1 aliphatic heterocycles. The molecule has 0 spiro atoms. The fraction of sp³-hybridized carbons (Fsp3) is 0.300. The van der Waals surface area contributed by atoms with E-state index in [0.717, 1.165) is 0 Å². The van der Waals surface area contributed by atoms with Crippen LogP contribution < -0.4 is 10.9 Å². The van der Waals surface area contributed by atoms with Gasteiger partial charge in [-0.15, -0.1) is 0 Å². The number of carbonyl (C=O) groups is 2. The van der Waals surface area contributed by atoms with Crippen molar-refractivity contribution in [3.8, 4) is 5.75 Å². The van der Waals surface area contributed by atoms with Gasteiger partial charge in [0.05, 0.1) is 11.8 Å². The summed E-state index contributed by atoms with van der Waals surface area (Å²) in [6.45, 7) is 0.891. The Morgan fingerprint density at radius 1 is 1.32 bits per heavy atom. The normalized spacial score (nSPS) is 16.2. The maximum absolute atomic E-state index is 12.8. The van der Waals surface area contributed by atoms with E-state index in [2.05, 4.69) is 25.0 Å². The van der Waals surface area contributed by atoms with Gasteiger partial charge in [0.15, 0.2) is 5.69 Å². The van der Waals surface area contributed by atoms with Crippen LogP contribution in [-0.2, 0) is 7.05 Å². The number of carbonyl (C=O) groups excluding carboxylic acids is 2. The fourth-order valence-corrected chi connectivity index (χ4v) is 3.63. The van der Waals surface area contributed by atoms with Crippen LogP contribution in [0.1, 0.15) is 45.4 Å². The van der Waals surface area contributed by atoms with Crippen LogP contribution in [0.3, 0.4) is 0 Å². The van der Waals surface area contributed by atoms with E-state index >= 15 is 0 Å². The van der Waals surface area contributed by atoms with Crippen molar-refractivity contribution in [1.82, 2.24) is 24.6 Å². The first-order valence-corrected chi connectivity index (χ1v) is 9.65. The highest BCUT2D eigenvalue weighted by Gasteiger charge is 2.30. The minimum absolute atomic E-state index is 0.160. The lowest BCUT2D eigenvalue weighted by Gasteiger charge is -2.33. The number of hydrogen-bond donors (Lipinski definition) is 2. The molecule has 1 fully saturated rings. The quantitative estimate of drug-likeness (QED) is 0.635. The molecule has 11 nitrogen and oxygen atoms in total. The van der Waals surface area contributed by atoms with Gasteiger partial charge in [-0.1, -0.05) is 5.16 Å². The summed E-state index contributed by atoms with van der Waals surface area (Å²) in [6, 6.07) is 3.39. The van der Waals surface area contributed by atoms with E-state index in [-0.39, 0.29) is 17.5 Å². The molecule has 3 aromatic heterocycles. The number of pyridine rings is 1. The molecule has 1 saturated heterocycles. The van der Waals surface area contributed by atoms with Gasteiger partial charge < -0.3 is 19.8 Å². The van der Waals surface area contributed by atoms with Gasteiger partial charge in [0.1, 0.15) is 17.8 Å². The molecule has 160 valence electrons. The van der Waals surface area contributed by atoms with Crippen molar-refractivity contribution in [3.63, 3.8) is 0 Å². The molecule has 2 N–H and O–H groups in total. The SMILES string of the molecule is Cn1c(C2CCCN(C(=O)c3cccnc3)C2)nc(C(=O)Nc2cnoc2)c(O)c1=O. The summed E-state index contributed by atoms with van der Waals surface area (Å²) >= 11 is 0. The lowest BCUT2D eigenvalue weighted by atomic mass is 9.96. The summed E-state index contributed by atoms with van der Waals surface area (Å²) in [5.41, 5.74) is -0.394. The first-order valence-electron chi connectivity index (χ1n) is 9.65. The third-order valence-corrected chi connectivity index (χ3v) is 5.19. The number of amides is 2. The van der Waals surface area contributed by atoms with Crippen molar-refractivity contribution in [2.75, 3.05) is 18.4 Å². The van der Waals surface area contributed by atoms with Gasteiger partial charge in [0.2, 0.25) is 5.75 Å². The summed E-state index contributed by atoms with van der Waals surface area (Å²) in [4.78, 5) is 47.9. The summed E-state index contributed by atoms with van der Waals surface area (Å²) < 4.78 is 5.88. The Labute approximate surface area is 176 Å². The van der Waals surface area contributed by atoms with Crippen LogP contribution in [0.25, 0.3) is 0 Å². The number of piperidine rings is 1. The topological polar surface area (TPSA) is 143 Å². The Kier molecular flexibility index (Phi) is 5.48. The second-order valence-electron chi connectivity index (χ2n) is 7.23. The van der Waals surface area contributed by atoms with E-state index in [1.165, 1.54) is 30.3 Å². The fourth-order valence-electron chi connectivity index (χ4n) is 3.63. The molecule has 0 aliphatic carbocycles. The zero-order valence-electron chi connectivity index (χ0n) is 16.7. The van der Waals surface area contributed by atoms with Gasteiger partial charge in [0.25, 0.3) is 17.4 Å². The Morgan fingerprint density at radius 2 is 2.16 bits per heavy atom. The van der Waals surface area contributed by atoms with Gasteiger partial charge in [-0.3, -0.25) is 23.9 Å². The average Bonchev–Trinajstić information content (AvgIpc) is 3.31. The standard InChI is InChI=1S/C20H20N6O5/c1-25-17(13-5-3-7-26(10-13)19(29)12-4-2-6-21-8-12)24-15(16(27)20(25)30)18(28)23-14-9-22-31-11-14/h2,4,6,8-9,11,13,27H,3,5,7,10H2,1H3,(H,23,28). The van der Waals surface area contributed by atoms with Crippen LogP contribution in [0.5, 0.6) is 5.75 Å². The zero-order chi connectivity index (χ0) is 22.0. The molecule has 0 saturated carbocycles. The number of hydrogen-bond acceptors (Lipinski definition) is 8. The monoisotopic (exact) mass is 424 g/mol. The molecule has 4 heterocycles. The van der Waals surface area contributed by atoms with E-state index in [0.29, 0.717) is 37.3 Å². The van der Waals surface area contributed by atoms with Gasteiger partial charge >= 0.3 is 0 Å². The van der Waals surface area contributed by atoms with Gasteiger partial charge in [-0.25, -0.2) is 4.98 Å². The molecule has 0 aromatic carbocycles. The van der Waals surface area contributed by atoms with Crippen molar-refractivity contribution in [1.29, 1.82) is 0 Å². The first-order chi connectivity index (χ1) is 15.0. The molecule has 0 bridgehead atoms. The minimum atomic E-state index is -0.765. The molecule has 2 amide bonds. The smallest absolute Gasteiger partial charge is 0.296 e. The highest BCUT2D eigenvalue weighted by Crippen LogP contribution is 2.27. The van der Waals surface area contributed by atoms with E-state index in [1.807, 2.05) is 0 Å².